The number of nitrogens with one attached hydrogen (secondary N) is 1. The molecule has 0 saturated heterocycles. The zero-order valence-electron chi connectivity index (χ0n) is 6.32. The fourth-order valence-corrected chi connectivity index (χ4v) is 1.12. The van der Waals surface area contributed by atoms with Gasteiger partial charge in [-0.15, -0.1) is 0 Å². The first-order valence-corrected chi connectivity index (χ1v) is 3.81. The molecule has 0 unspecified atom stereocenters. The lowest BCUT2D eigenvalue weighted by molar-refractivity contribution is 0.388. The number of hydrogen-bond donors (Lipinski definition) is 1. The summed E-state index contributed by atoms with van der Waals surface area (Å²) in [5.41, 5.74) is 0.586. The van der Waals surface area contributed by atoms with E-state index in [9.17, 15) is 4.79 Å². The molecule has 2 aromatic rings. The molecule has 0 radical (unpaired) electrons. The van der Waals surface area contributed by atoms with Crippen LogP contribution in [0.15, 0.2) is 27.8 Å². The molecule has 2 rings (SSSR count). The number of aromatic nitrogens is 3. The zero-order valence-corrected chi connectivity index (χ0v) is 7.08. The molecular weight excluding hydrogens is 194 g/mol. The predicted octanol–water partition coefficient (Wildman–Crippen LogP) is 1.08. The number of H-pyrrole nitrogens is 1. The largest absolute Gasteiger partial charge is 0.439 e. The second kappa shape index (κ2) is 3.02. The van der Waals surface area contributed by atoms with E-state index in [1.165, 1.54) is 6.20 Å². The molecular formula is C7H4ClN3O2. The summed E-state index contributed by atoms with van der Waals surface area (Å²) in [5.74, 6) is -0.305. The summed E-state index contributed by atoms with van der Waals surface area (Å²) in [6.45, 7) is 0. The summed E-state index contributed by atoms with van der Waals surface area (Å²) in [6.07, 6.45) is 3.01. The van der Waals surface area contributed by atoms with Gasteiger partial charge in [-0.1, -0.05) is 16.8 Å². The Balaban J connectivity index is 2.58. The highest BCUT2D eigenvalue weighted by Crippen LogP contribution is 2.21. The minimum absolute atomic E-state index is 0.303. The Kier molecular flexibility index (Phi) is 1.86. The van der Waals surface area contributed by atoms with Gasteiger partial charge in [0, 0.05) is 18.0 Å². The lowest BCUT2D eigenvalue weighted by atomic mass is 10.2. The van der Waals surface area contributed by atoms with Gasteiger partial charge in [0.15, 0.2) is 5.82 Å². The summed E-state index contributed by atoms with van der Waals surface area (Å²) in [4.78, 5) is 16.8. The van der Waals surface area contributed by atoms with Crippen LogP contribution in [-0.4, -0.2) is 15.1 Å². The number of hydrogen-bond acceptors (Lipinski definition) is 4. The van der Waals surface area contributed by atoms with Crippen molar-refractivity contribution in [3.8, 4) is 11.4 Å². The number of nitrogens with zero attached hydrogens (tertiary/aromatic N) is 2. The summed E-state index contributed by atoms with van der Waals surface area (Å²) in [7, 11) is 0. The molecule has 0 aliphatic rings. The van der Waals surface area contributed by atoms with Crippen molar-refractivity contribution in [2.75, 3.05) is 0 Å². The third-order valence-corrected chi connectivity index (χ3v) is 1.77. The Morgan fingerprint density at radius 3 is 3.00 bits per heavy atom. The highest BCUT2D eigenvalue weighted by Gasteiger charge is 2.07. The van der Waals surface area contributed by atoms with E-state index in [2.05, 4.69) is 19.6 Å². The van der Waals surface area contributed by atoms with Gasteiger partial charge in [-0.2, -0.15) is 0 Å². The average molecular weight is 198 g/mol. The Morgan fingerprint density at radius 1 is 1.54 bits per heavy atom. The van der Waals surface area contributed by atoms with E-state index in [-0.39, 0.29) is 0 Å². The van der Waals surface area contributed by atoms with Crippen LogP contribution < -0.4 is 5.76 Å². The third kappa shape index (κ3) is 1.46. The van der Waals surface area contributed by atoms with Crippen LogP contribution in [0.4, 0.5) is 0 Å². The predicted molar refractivity (Wildman–Crippen MR) is 45.4 cm³/mol. The topological polar surface area (TPSA) is 71.8 Å². The van der Waals surface area contributed by atoms with E-state index in [1.54, 1.807) is 12.3 Å². The molecule has 6 heteroatoms. The van der Waals surface area contributed by atoms with E-state index < -0.39 is 5.76 Å². The lowest BCUT2D eigenvalue weighted by Crippen LogP contribution is -1.95. The molecule has 13 heavy (non-hydrogen) atoms. The number of rotatable bonds is 1. The summed E-state index contributed by atoms with van der Waals surface area (Å²) >= 11 is 5.80. The van der Waals surface area contributed by atoms with Crippen LogP contribution in [0.5, 0.6) is 0 Å². The van der Waals surface area contributed by atoms with Crippen LogP contribution in [0.2, 0.25) is 5.02 Å². The number of halogens is 1. The van der Waals surface area contributed by atoms with Gasteiger partial charge in [-0.25, -0.2) is 4.79 Å². The molecule has 2 heterocycles. The van der Waals surface area contributed by atoms with Gasteiger partial charge in [0.25, 0.3) is 0 Å². The van der Waals surface area contributed by atoms with Gasteiger partial charge >= 0.3 is 5.76 Å². The molecule has 0 spiro atoms. The van der Waals surface area contributed by atoms with E-state index >= 15 is 0 Å². The molecule has 0 aliphatic carbocycles. The molecule has 1 N–H and O–H groups in total. The maximum absolute atomic E-state index is 10.6. The van der Waals surface area contributed by atoms with Crippen LogP contribution in [0.25, 0.3) is 11.4 Å². The fraction of sp³-hybridized carbons (Fsp3) is 0. The van der Waals surface area contributed by atoms with Gasteiger partial charge in [-0.05, 0) is 6.07 Å². The normalized spacial score (nSPS) is 10.2. The molecule has 0 aromatic carbocycles. The van der Waals surface area contributed by atoms with Crippen molar-refractivity contribution < 1.29 is 4.52 Å². The molecule has 0 bridgehead atoms. The van der Waals surface area contributed by atoms with Crippen molar-refractivity contribution in [2.45, 2.75) is 0 Å². The van der Waals surface area contributed by atoms with Crippen LogP contribution in [-0.2, 0) is 0 Å². The first kappa shape index (κ1) is 8.00. The van der Waals surface area contributed by atoms with Crippen molar-refractivity contribution in [2.24, 2.45) is 0 Å². The van der Waals surface area contributed by atoms with Gasteiger partial charge in [0.05, 0.1) is 5.02 Å². The maximum Gasteiger partial charge on any atom is 0.439 e. The highest BCUT2D eigenvalue weighted by atomic mass is 35.5. The summed E-state index contributed by atoms with van der Waals surface area (Å²) in [5, 5.41) is 3.90. The SMILES string of the molecule is O=c1[nH]c(-c2ccncc2Cl)no1. The Bertz CT molecular complexity index is 476. The molecule has 0 atom stereocenters. The van der Waals surface area contributed by atoms with Crippen molar-refractivity contribution in [3.05, 3.63) is 34.0 Å². The molecule has 0 fully saturated rings. The minimum Gasteiger partial charge on any atom is -0.296 e. The minimum atomic E-state index is -0.608. The lowest BCUT2D eigenvalue weighted by Gasteiger charge is -1.95. The molecule has 0 saturated carbocycles. The fourth-order valence-electron chi connectivity index (χ4n) is 0.913. The first-order valence-electron chi connectivity index (χ1n) is 3.43. The number of aromatic amines is 1. The van der Waals surface area contributed by atoms with E-state index in [4.69, 9.17) is 11.6 Å². The summed E-state index contributed by atoms with van der Waals surface area (Å²) in [6, 6.07) is 1.64. The van der Waals surface area contributed by atoms with E-state index in [0.29, 0.717) is 16.4 Å². The molecule has 66 valence electrons. The van der Waals surface area contributed by atoms with Crippen LogP contribution >= 0.6 is 11.6 Å². The maximum atomic E-state index is 10.6. The Hall–Kier alpha value is -1.62. The van der Waals surface area contributed by atoms with Crippen molar-refractivity contribution in [1.29, 1.82) is 0 Å². The third-order valence-electron chi connectivity index (χ3n) is 1.47. The second-order valence-electron chi connectivity index (χ2n) is 2.30. The monoisotopic (exact) mass is 197 g/mol. The van der Waals surface area contributed by atoms with Crippen molar-refractivity contribution >= 4 is 11.6 Å². The smallest absolute Gasteiger partial charge is 0.296 e. The zero-order chi connectivity index (χ0) is 9.26. The van der Waals surface area contributed by atoms with E-state index in [1.807, 2.05) is 0 Å². The van der Waals surface area contributed by atoms with Gasteiger partial charge in [0.2, 0.25) is 0 Å². The number of pyridine rings is 1. The summed E-state index contributed by atoms with van der Waals surface area (Å²) < 4.78 is 4.33. The van der Waals surface area contributed by atoms with Crippen LogP contribution in [0.3, 0.4) is 0 Å². The Labute approximate surface area is 77.4 Å². The van der Waals surface area contributed by atoms with Crippen LogP contribution in [0.1, 0.15) is 0 Å². The Morgan fingerprint density at radius 2 is 2.38 bits per heavy atom. The molecule has 5 nitrogen and oxygen atoms in total. The quantitative estimate of drug-likeness (QED) is 0.743. The van der Waals surface area contributed by atoms with Crippen molar-refractivity contribution in [1.82, 2.24) is 15.1 Å². The van der Waals surface area contributed by atoms with Gasteiger partial charge < -0.3 is 0 Å². The van der Waals surface area contributed by atoms with Gasteiger partial charge in [-0.3, -0.25) is 14.5 Å². The van der Waals surface area contributed by atoms with Gasteiger partial charge in [0.1, 0.15) is 0 Å². The molecule has 2 aromatic heterocycles. The van der Waals surface area contributed by atoms with Crippen molar-refractivity contribution in [3.63, 3.8) is 0 Å². The molecule has 0 aliphatic heterocycles. The van der Waals surface area contributed by atoms with Crippen LogP contribution in [0, 0.1) is 0 Å². The highest BCUT2D eigenvalue weighted by molar-refractivity contribution is 6.33. The second-order valence-corrected chi connectivity index (χ2v) is 2.71. The average Bonchev–Trinajstić information content (AvgIpc) is 2.53. The first-order chi connectivity index (χ1) is 6.27. The standard InChI is InChI=1S/C7H4ClN3O2/c8-5-3-9-2-1-4(5)6-10-7(12)13-11-6/h1-3H,(H,10,11,12). The van der Waals surface area contributed by atoms with E-state index in [0.717, 1.165) is 0 Å². The molecule has 0 amide bonds.